The van der Waals surface area contributed by atoms with Gasteiger partial charge in [0.05, 0.1) is 12.7 Å². The zero-order chi connectivity index (χ0) is 15.4. The Morgan fingerprint density at radius 3 is 3.18 bits per heavy atom. The quantitative estimate of drug-likeness (QED) is 0.899. The summed E-state index contributed by atoms with van der Waals surface area (Å²) in [6, 6.07) is 2.00. The minimum absolute atomic E-state index is 0.0854. The molecule has 2 aliphatic rings. The first-order valence-electron chi connectivity index (χ1n) is 8.25. The highest BCUT2D eigenvalue weighted by molar-refractivity contribution is 5.80. The Labute approximate surface area is 131 Å². The maximum absolute atomic E-state index is 12.6. The maximum atomic E-state index is 12.6. The van der Waals surface area contributed by atoms with E-state index in [1.807, 2.05) is 17.9 Å². The van der Waals surface area contributed by atoms with Crippen LogP contribution in [0.15, 0.2) is 12.3 Å². The molecule has 1 aromatic rings. The highest BCUT2D eigenvalue weighted by atomic mass is 16.5. The molecule has 1 N–H and O–H groups in total. The third-order valence-corrected chi connectivity index (χ3v) is 4.60. The van der Waals surface area contributed by atoms with Crippen LogP contribution in [-0.4, -0.2) is 59.5 Å². The summed E-state index contributed by atoms with van der Waals surface area (Å²) in [5.41, 5.74) is 1.12. The van der Waals surface area contributed by atoms with Crippen LogP contribution < -0.4 is 0 Å². The van der Waals surface area contributed by atoms with Crippen LogP contribution in [-0.2, 0) is 14.3 Å². The Morgan fingerprint density at radius 2 is 2.45 bits per heavy atom. The number of rotatable bonds is 5. The Bertz CT molecular complexity index is 471. The zero-order valence-corrected chi connectivity index (χ0v) is 13.2. The molecule has 2 fully saturated rings. The van der Waals surface area contributed by atoms with E-state index in [-0.39, 0.29) is 12.0 Å². The summed E-state index contributed by atoms with van der Waals surface area (Å²) in [6.45, 7) is 4.74. The smallest absolute Gasteiger partial charge is 0.251 e. The van der Waals surface area contributed by atoms with Crippen LogP contribution in [0.3, 0.4) is 0 Å². The predicted molar refractivity (Wildman–Crippen MR) is 81.5 cm³/mol. The topological polar surface area (TPSA) is 67.5 Å². The van der Waals surface area contributed by atoms with Crippen molar-refractivity contribution in [3.8, 4) is 0 Å². The number of amides is 1. The molecule has 2 aliphatic heterocycles. The lowest BCUT2D eigenvalue weighted by Crippen LogP contribution is -2.44. The van der Waals surface area contributed by atoms with Gasteiger partial charge in [0.1, 0.15) is 6.10 Å². The number of carbonyl (C=O) groups excluding carboxylic acids is 1. The van der Waals surface area contributed by atoms with Crippen molar-refractivity contribution < 1.29 is 14.3 Å². The van der Waals surface area contributed by atoms with E-state index in [2.05, 4.69) is 10.2 Å². The van der Waals surface area contributed by atoms with E-state index in [1.165, 1.54) is 0 Å². The number of H-pyrrole nitrogens is 1. The molecule has 0 spiro atoms. The number of piperidine rings is 1. The minimum Gasteiger partial charge on any atom is -0.376 e. The molecule has 3 heterocycles. The summed E-state index contributed by atoms with van der Waals surface area (Å²) >= 11 is 0. The molecule has 3 rings (SSSR count). The third kappa shape index (κ3) is 3.67. The highest BCUT2D eigenvalue weighted by Crippen LogP contribution is 2.25. The SMILES string of the molecule is C[C@H](OC[C@H]1CCCO1)C(=O)N1CCC[C@@H](c2ccn[nH]2)C1. The van der Waals surface area contributed by atoms with Gasteiger partial charge in [-0.05, 0) is 38.7 Å². The summed E-state index contributed by atoms with van der Waals surface area (Å²) in [6.07, 6.45) is 5.77. The van der Waals surface area contributed by atoms with Gasteiger partial charge in [0.2, 0.25) is 0 Å². The Hall–Kier alpha value is -1.40. The number of aromatic nitrogens is 2. The monoisotopic (exact) mass is 307 g/mol. The molecule has 0 bridgehead atoms. The van der Waals surface area contributed by atoms with Gasteiger partial charge in [-0.3, -0.25) is 9.89 Å². The number of likely N-dealkylation sites (tertiary alicyclic amines) is 1. The number of carbonyl (C=O) groups is 1. The zero-order valence-electron chi connectivity index (χ0n) is 13.2. The Kier molecular flexibility index (Phi) is 5.10. The van der Waals surface area contributed by atoms with Crippen LogP contribution in [0.25, 0.3) is 0 Å². The minimum atomic E-state index is -0.398. The van der Waals surface area contributed by atoms with E-state index in [4.69, 9.17) is 9.47 Å². The number of hydrogen-bond donors (Lipinski definition) is 1. The average Bonchev–Trinajstić information content (AvgIpc) is 3.25. The third-order valence-electron chi connectivity index (χ3n) is 4.60. The van der Waals surface area contributed by atoms with Gasteiger partial charge >= 0.3 is 0 Å². The first kappa shape index (κ1) is 15.5. The van der Waals surface area contributed by atoms with Gasteiger partial charge in [-0.2, -0.15) is 5.10 Å². The second-order valence-corrected chi connectivity index (χ2v) is 6.25. The fourth-order valence-corrected chi connectivity index (χ4v) is 3.28. The standard InChI is InChI=1S/C16H25N3O3/c1-12(22-11-14-5-3-9-21-14)16(20)19-8-2-4-13(10-19)15-6-7-17-18-15/h6-7,12-14H,2-5,8-11H2,1H3,(H,17,18)/t12-,13+,14+/m0/s1. The van der Waals surface area contributed by atoms with Gasteiger partial charge < -0.3 is 14.4 Å². The molecule has 1 amide bonds. The Balaban J connectivity index is 1.50. The second kappa shape index (κ2) is 7.24. The lowest BCUT2D eigenvalue weighted by Gasteiger charge is -2.34. The molecule has 0 unspecified atom stereocenters. The van der Waals surface area contributed by atoms with Crippen molar-refractivity contribution in [1.82, 2.24) is 15.1 Å². The lowest BCUT2D eigenvalue weighted by atomic mass is 9.94. The van der Waals surface area contributed by atoms with Crippen molar-refractivity contribution in [2.24, 2.45) is 0 Å². The average molecular weight is 307 g/mol. The number of nitrogens with zero attached hydrogens (tertiary/aromatic N) is 2. The van der Waals surface area contributed by atoms with Crippen LogP contribution in [0, 0.1) is 0 Å². The van der Waals surface area contributed by atoms with Crippen molar-refractivity contribution in [1.29, 1.82) is 0 Å². The van der Waals surface area contributed by atoms with E-state index in [0.717, 1.165) is 51.1 Å². The molecule has 6 nitrogen and oxygen atoms in total. The number of aromatic amines is 1. The van der Waals surface area contributed by atoms with Crippen molar-refractivity contribution >= 4 is 5.91 Å². The van der Waals surface area contributed by atoms with Gasteiger partial charge in [-0.15, -0.1) is 0 Å². The van der Waals surface area contributed by atoms with Crippen molar-refractivity contribution in [2.75, 3.05) is 26.3 Å². The molecule has 0 aromatic carbocycles. The van der Waals surface area contributed by atoms with Gasteiger partial charge in [0.15, 0.2) is 0 Å². The molecule has 0 aliphatic carbocycles. The van der Waals surface area contributed by atoms with Crippen LogP contribution >= 0.6 is 0 Å². The molecule has 2 saturated heterocycles. The second-order valence-electron chi connectivity index (χ2n) is 6.25. The first-order valence-corrected chi connectivity index (χ1v) is 8.25. The van der Waals surface area contributed by atoms with E-state index in [1.54, 1.807) is 6.20 Å². The molecule has 6 heteroatoms. The van der Waals surface area contributed by atoms with Gasteiger partial charge in [0, 0.05) is 37.5 Å². The summed E-state index contributed by atoms with van der Waals surface area (Å²) in [5.74, 6) is 0.438. The van der Waals surface area contributed by atoms with Crippen molar-refractivity contribution in [2.45, 2.75) is 50.7 Å². The van der Waals surface area contributed by atoms with Crippen LogP contribution in [0.2, 0.25) is 0 Å². The van der Waals surface area contributed by atoms with Crippen LogP contribution in [0.4, 0.5) is 0 Å². The van der Waals surface area contributed by atoms with E-state index in [0.29, 0.717) is 12.5 Å². The Morgan fingerprint density at radius 1 is 1.55 bits per heavy atom. The van der Waals surface area contributed by atoms with Gasteiger partial charge in [-0.25, -0.2) is 0 Å². The highest BCUT2D eigenvalue weighted by Gasteiger charge is 2.29. The molecular weight excluding hydrogens is 282 g/mol. The molecule has 3 atom stereocenters. The first-order chi connectivity index (χ1) is 10.7. The molecule has 0 saturated carbocycles. The van der Waals surface area contributed by atoms with Crippen LogP contribution in [0.1, 0.15) is 44.2 Å². The summed E-state index contributed by atoms with van der Waals surface area (Å²) < 4.78 is 11.3. The van der Waals surface area contributed by atoms with Gasteiger partial charge in [0.25, 0.3) is 5.91 Å². The molecule has 1 aromatic heterocycles. The molecular formula is C16H25N3O3. The molecule has 0 radical (unpaired) electrons. The summed E-state index contributed by atoms with van der Waals surface area (Å²) in [4.78, 5) is 14.5. The molecule has 22 heavy (non-hydrogen) atoms. The van der Waals surface area contributed by atoms with E-state index in [9.17, 15) is 4.79 Å². The van der Waals surface area contributed by atoms with E-state index < -0.39 is 6.10 Å². The fourth-order valence-electron chi connectivity index (χ4n) is 3.28. The largest absolute Gasteiger partial charge is 0.376 e. The summed E-state index contributed by atoms with van der Waals surface area (Å²) in [7, 11) is 0. The van der Waals surface area contributed by atoms with Crippen molar-refractivity contribution in [3.05, 3.63) is 18.0 Å². The van der Waals surface area contributed by atoms with Gasteiger partial charge in [-0.1, -0.05) is 0 Å². The fraction of sp³-hybridized carbons (Fsp3) is 0.750. The number of ether oxygens (including phenoxy) is 2. The van der Waals surface area contributed by atoms with Crippen molar-refractivity contribution in [3.63, 3.8) is 0 Å². The number of hydrogen-bond acceptors (Lipinski definition) is 4. The predicted octanol–water partition coefficient (Wildman–Crippen LogP) is 1.70. The maximum Gasteiger partial charge on any atom is 0.251 e. The van der Waals surface area contributed by atoms with E-state index >= 15 is 0 Å². The lowest BCUT2D eigenvalue weighted by molar-refractivity contribution is -0.145. The number of nitrogens with one attached hydrogen (secondary N) is 1. The van der Waals surface area contributed by atoms with Crippen LogP contribution in [0.5, 0.6) is 0 Å². The summed E-state index contributed by atoms with van der Waals surface area (Å²) in [5, 5.41) is 7.03. The molecule has 122 valence electrons. The normalized spacial score (nSPS) is 27.0.